The van der Waals surface area contributed by atoms with Gasteiger partial charge in [-0.25, -0.2) is 0 Å². The highest BCUT2D eigenvalue weighted by Crippen LogP contribution is 2.15. The Bertz CT molecular complexity index is 135. The van der Waals surface area contributed by atoms with Crippen LogP contribution < -0.4 is 5.73 Å². The second-order valence-electron chi connectivity index (χ2n) is 4.94. The van der Waals surface area contributed by atoms with E-state index in [-0.39, 0.29) is 0 Å². The van der Waals surface area contributed by atoms with Gasteiger partial charge in [0.05, 0.1) is 0 Å². The van der Waals surface area contributed by atoms with Gasteiger partial charge in [-0.3, -0.25) is 0 Å². The molecule has 0 spiro atoms. The Labute approximate surface area is 82.5 Å². The van der Waals surface area contributed by atoms with Gasteiger partial charge in [-0.2, -0.15) is 0 Å². The summed E-state index contributed by atoms with van der Waals surface area (Å²) in [4.78, 5) is 2.51. The van der Waals surface area contributed by atoms with Crippen molar-refractivity contribution in [2.24, 2.45) is 17.6 Å². The van der Waals surface area contributed by atoms with Gasteiger partial charge >= 0.3 is 0 Å². The third-order valence-corrected chi connectivity index (χ3v) is 3.00. The topological polar surface area (TPSA) is 29.3 Å². The van der Waals surface area contributed by atoms with Crippen LogP contribution in [0.1, 0.15) is 33.6 Å². The molecule has 0 saturated carbocycles. The molecule has 1 aliphatic heterocycles. The molecular weight excluding hydrogens is 160 g/mol. The van der Waals surface area contributed by atoms with Gasteiger partial charge in [-0.15, -0.1) is 0 Å². The van der Waals surface area contributed by atoms with Crippen molar-refractivity contribution in [2.75, 3.05) is 19.6 Å². The number of rotatable bonds is 4. The van der Waals surface area contributed by atoms with Crippen molar-refractivity contribution >= 4 is 0 Å². The predicted molar refractivity (Wildman–Crippen MR) is 57.7 cm³/mol. The first kappa shape index (κ1) is 11.0. The molecule has 2 nitrogen and oxygen atoms in total. The van der Waals surface area contributed by atoms with Gasteiger partial charge in [-0.1, -0.05) is 20.8 Å². The third-order valence-electron chi connectivity index (χ3n) is 3.00. The number of hydrogen-bond acceptors (Lipinski definition) is 2. The number of nitrogens with zero attached hydrogens (tertiary/aromatic N) is 1. The number of hydrogen-bond donors (Lipinski definition) is 1. The summed E-state index contributed by atoms with van der Waals surface area (Å²) in [5, 5.41) is 0. The van der Waals surface area contributed by atoms with Gasteiger partial charge in [0.15, 0.2) is 0 Å². The van der Waals surface area contributed by atoms with Crippen molar-refractivity contribution in [1.82, 2.24) is 4.90 Å². The molecule has 0 bridgehead atoms. The smallest absolute Gasteiger partial charge is 0.0206 e. The normalized spacial score (nSPS) is 30.2. The van der Waals surface area contributed by atoms with Gasteiger partial charge in [0, 0.05) is 19.1 Å². The monoisotopic (exact) mass is 184 g/mol. The molecule has 0 aromatic carbocycles. The Hall–Kier alpha value is -0.0800. The van der Waals surface area contributed by atoms with Crippen molar-refractivity contribution in [3.63, 3.8) is 0 Å². The zero-order chi connectivity index (χ0) is 9.84. The summed E-state index contributed by atoms with van der Waals surface area (Å²) in [6, 6.07) is 0.416. The maximum absolute atomic E-state index is 5.96. The van der Waals surface area contributed by atoms with E-state index >= 15 is 0 Å². The fourth-order valence-electron chi connectivity index (χ4n) is 2.00. The van der Waals surface area contributed by atoms with Gasteiger partial charge < -0.3 is 10.6 Å². The van der Waals surface area contributed by atoms with E-state index in [1.807, 2.05) is 0 Å². The van der Waals surface area contributed by atoms with E-state index in [9.17, 15) is 0 Å². The Morgan fingerprint density at radius 3 is 2.54 bits per heavy atom. The summed E-state index contributed by atoms with van der Waals surface area (Å²) >= 11 is 0. The van der Waals surface area contributed by atoms with Crippen molar-refractivity contribution in [1.29, 1.82) is 0 Å². The van der Waals surface area contributed by atoms with Crippen molar-refractivity contribution in [3.8, 4) is 0 Å². The molecule has 0 aromatic rings. The lowest BCUT2D eigenvalue weighted by Crippen LogP contribution is -2.29. The van der Waals surface area contributed by atoms with Crippen LogP contribution in [0.3, 0.4) is 0 Å². The molecule has 1 heterocycles. The average molecular weight is 184 g/mol. The van der Waals surface area contributed by atoms with Gasteiger partial charge in [-0.05, 0) is 31.2 Å². The molecule has 13 heavy (non-hydrogen) atoms. The summed E-state index contributed by atoms with van der Waals surface area (Å²) in [5.41, 5.74) is 5.96. The van der Waals surface area contributed by atoms with Gasteiger partial charge in [0.1, 0.15) is 0 Å². The summed E-state index contributed by atoms with van der Waals surface area (Å²) in [5.74, 6) is 1.53. The van der Waals surface area contributed by atoms with Crippen molar-refractivity contribution in [3.05, 3.63) is 0 Å². The molecule has 2 unspecified atom stereocenters. The first-order chi connectivity index (χ1) is 6.09. The molecule has 0 aliphatic carbocycles. The first-order valence-corrected chi connectivity index (χ1v) is 5.57. The van der Waals surface area contributed by atoms with Gasteiger partial charge in [0.2, 0.25) is 0 Å². The van der Waals surface area contributed by atoms with Crippen molar-refractivity contribution in [2.45, 2.75) is 39.7 Å². The standard InChI is InChI=1S/C11H24N2/c1-9(2)5-4-6-13-7-10(3)11(12)8-13/h9-11H,4-8,12H2,1-3H3. The predicted octanol–water partition coefficient (Wildman–Crippen LogP) is 1.70. The van der Waals surface area contributed by atoms with E-state index in [1.165, 1.54) is 25.9 Å². The molecule has 0 radical (unpaired) electrons. The summed E-state index contributed by atoms with van der Waals surface area (Å²) in [6.07, 6.45) is 2.68. The third kappa shape index (κ3) is 3.65. The summed E-state index contributed by atoms with van der Waals surface area (Å²) in [7, 11) is 0. The second-order valence-corrected chi connectivity index (χ2v) is 4.94. The maximum atomic E-state index is 5.96. The minimum absolute atomic E-state index is 0.416. The Morgan fingerprint density at radius 1 is 1.38 bits per heavy atom. The fourth-order valence-corrected chi connectivity index (χ4v) is 2.00. The maximum Gasteiger partial charge on any atom is 0.0206 e. The minimum atomic E-state index is 0.416. The van der Waals surface area contributed by atoms with E-state index in [0.29, 0.717) is 12.0 Å². The lowest BCUT2D eigenvalue weighted by Gasteiger charge is -2.15. The van der Waals surface area contributed by atoms with Crippen LogP contribution in [0.15, 0.2) is 0 Å². The summed E-state index contributed by atoms with van der Waals surface area (Å²) < 4.78 is 0. The van der Waals surface area contributed by atoms with Crippen LogP contribution in [0, 0.1) is 11.8 Å². The van der Waals surface area contributed by atoms with Crippen LogP contribution in [0.4, 0.5) is 0 Å². The van der Waals surface area contributed by atoms with Crippen molar-refractivity contribution < 1.29 is 0 Å². The van der Waals surface area contributed by atoms with Crippen LogP contribution in [-0.4, -0.2) is 30.6 Å². The van der Waals surface area contributed by atoms with Gasteiger partial charge in [0.25, 0.3) is 0 Å². The molecule has 2 heteroatoms. The fraction of sp³-hybridized carbons (Fsp3) is 1.00. The molecule has 1 aliphatic rings. The average Bonchev–Trinajstić information content (AvgIpc) is 2.30. The molecule has 0 aromatic heterocycles. The molecular formula is C11H24N2. The van der Waals surface area contributed by atoms with E-state index in [4.69, 9.17) is 5.73 Å². The quantitative estimate of drug-likeness (QED) is 0.720. The second kappa shape index (κ2) is 4.97. The Morgan fingerprint density at radius 2 is 2.08 bits per heavy atom. The molecule has 0 amide bonds. The Kier molecular flexibility index (Phi) is 4.20. The molecule has 1 fully saturated rings. The van der Waals surface area contributed by atoms with Crippen LogP contribution in [0.25, 0.3) is 0 Å². The zero-order valence-corrected chi connectivity index (χ0v) is 9.29. The molecule has 78 valence electrons. The van der Waals surface area contributed by atoms with E-state index in [0.717, 1.165) is 12.5 Å². The van der Waals surface area contributed by atoms with Crippen LogP contribution in [0.5, 0.6) is 0 Å². The largest absolute Gasteiger partial charge is 0.326 e. The van der Waals surface area contributed by atoms with E-state index < -0.39 is 0 Å². The molecule has 2 atom stereocenters. The van der Waals surface area contributed by atoms with Crippen LogP contribution in [0.2, 0.25) is 0 Å². The SMILES string of the molecule is CC(C)CCCN1CC(C)C(N)C1. The number of likely N-dealkylation sites (tertiary alicyclic amines) is 1. The first-order valence-electron chi connectivity index (χ1n) is 5.57. The highest BCUT2D eigenvalue weighted by molar-refractivity contribution is 4.83. The lowest BCUT2D eigenvalue weighted by atomic mass is 10.1. The highest BCUT2D eigenvalue weighted by atomic mass is 15.2. The Balaban J connectivity index is 2.10. The lowest BCUT2D eigenvalue weighted by molar-refractivity contribution is 0.310. The minimum Gasteiger partial charge on any atom is -0.326 e. The number of nitrogens with two attached hydrogens (primary N) is 1. The summed E-state index contributed by atoms with van der Waals surface area (Å²) in [6.45, 7) is 10.4. The van der Waals surface area contributed by atoms with E-state index in [1.54, 1.807) is 0 Å². The van der Waals surface area contributed by atoms with Crippen LogP contribution >= 0.6 is 0 Å². The molecule has 1 rings (SSSR count). The van der Waals surface area contributed by atoms with E-state index in [2.05, 4.69) is 25.7 Å². The zero-order valence-electron chi connectivity index (χ0n) is 9.29. The van der Waals surface area contributed by atoms with Crippen LogP contribution in [-0.2, 0) is 0 Å². The molecule has 1 saturated heterocycles. The molecule has 2 N–H and O–H groups in total. The highest BCUT2D eigenvalue weighted by Gasteiger charge is 2.25.